The van der Waals surface area contributed by atoms with Gasteiger partial charge < -0.3 is 9.67 Å². The van der Waals surface area contributed by atoms with Crippen LogP contribution in [0.5, 0.6) is 0 Å². The summed E-state index contributed by atoms with van der Waals surface area (Å²) in [5.74, 6) is 0.447. The molecule has 0 aliphatic carbocycles. The first-order valence-electron chi connectivity index (χ1n) is 6.00. The van der Waals surface area contributed by atoms with Gasteiger partial charge in [0.25, 0.3) is 0 Å². The van der Waals surface area contributed by atoms with Gasteiger partial charge >= 0.3 is 0 Å². The fourth-order valence-corrected chi connectivity index (χ4v) is 2.04. The van der Waals surface area contributed by atoms with Crippen molar-refractivity contribution in [2.75, 3.05) is 0 Å². The molecule has 0 fully saturated rings. The molecule has 2 aromatic rings. The smallest absolute Gasteiger partial charge is 0.123 e. The second-order valence-electron chi connectivity index (χ2n) is 4.53. The van der Waals surface area contributed by atoms with Crippen molar-refractivity contribution in [1.29, 1.82) is 0 Å². The van der Waals surface area contributed by atoms with E-state index in [1.807, 2.05) is 24.7 Å². The van der Waals surface area contributed by atoms with Gasteiger partial charge in [0.2, 0.25) is 0 Å². The Kier molecular flexibility index (Phi) is 3.48. The van der Waals surface area contributed by atoms with Gasteiger partial charge in [0.05, 0.1) is 5.60 Å². The molecule has 0 bridgehead atoms. The van der Waals surface area contributed by atoms with Crippen LogP contribution in [0.15, 0.2) is 36.7 Å². The third kappa shape index (κ3) is 2.43. The van der Waals surface area contributed by atoms with Crippen molar-refractivity contribution in [1.82, 2.24) is 9.55 Å². The van der Waals surface area contributed by atoms with E-state index in [4.69, 9.17) is 0 Å². The highest BCUT2D eigenvalue weighted by Gasteiger charge is 2.29. The lowest BCUT2D eigenvalue weighted by atomic mass is 9.87. The first kappa shape index (κ1) is 12.8. The summed E-state index contributed by atoms with van der Waals surface area (Å²) in [5.41, 5.74) is -0.491. The summed E-state index contributed by atoms with van der Waals surface area (Å²) in [6.07, 6.45) is 4.40. The van der Waals surface area contributed by atoms with Crippen molar-refractivity contribution in [3.8, 4) is 0 Å². The zero-order valence-electron chi connectivity index (χ0n) is 10.6. The normalized spacial score (nSPS) is 14.4. The van der Waals surface area contributed by atoms with Gasteiger partial charge in [-0.25, -0.2) is 9.37 Å². The van der Waals surface area contributed by atoms with Gasteiger partial charge in [0.15, 0.2) is 0 Å². The third-order valence-corrected chi connectivity index (χ3v) is 3.32. The van der Waals surface area contributed by atoms with Gasteiger partial charge in [-0.1, -0.05) is 19.1 Å². The zero-order chi connectivity index (χ0) is 13.2. The van der Waals surface area contributed by atoms with Crippen molar-refractivity contribution in [2.45, 2.75) is 25.4 Å². The first-order valence-corrected chi connectivity index (χ1v) is 6.00. The molecule has 18 heavy (non-hydrogen) atoms. The number of benzene rings is 1. The largest absolute Gasteiger partial charge is 0.385 e. The van der Waals surface area contributed by atoms with Crippen LogP contribution in [0.4, 0.5) is 4.39 Å². The lowest BCUT2D eigenvalue weighted by Crippen LogP contribution is -2.29. The molecule has 2 rings (SSSR count). The van der Waals surface area contributed by atoms with E-state index in [2.05, 4.69) is 4.98 Å². The number of imidazole rings is 1. The molecular formula is C14H17FN2O. The average molecular weight is 248 g/mol. The van der Waals surface area contributed by atoms with Gasteiger partial charge in [-0.3, -0.25) is 0 Å². The molecule has 0 saturated carbocycles. The first-order chi connectivity index (χ1) is 8.55. The minimum Gasteiger partial charge on any atom is -0.385 e. The van der Waals surface area contributed by atoms with Crippen LogP contribution < -0.4 is 0 Å². The molecule has 0 spiro atoms. The highest BCUT2D eigenvalue weighted by molar-refractivity contribution is 5.24. The second-order valence-corrected chi connectivity index (χ2v) is 4.53. The average Bonchev–Trinajstić information content (AvgIpc) is 2.75. The Morgan fingerprint density at radius 3 is 2.78 bits per heavy atom. The summed E-state index contributed by atoms with van der Waals surface area (Å²) >= 11 is 0. The van der Waals surface area contributed by atoms with Crippen LogP contribution in [-0.4, -0.2) is 14.7 Å². The van der Waals surface area contributed by atoms with Gasteiger partial charge in [-0.15, -0.1) is 0 Å². The number of rotatable bonds is 4. The molecule has 4 heteroatoms. The topological polar surface area (TPSA) is 38.1 Å². The summed E-state index contributed by atoms with van der Waals surface area (Å²) < 4.78 is 15.1. The Morgan fingerprint density at radius 2 is 2.22 bits per heavy atom. The van der Waals surface area contributed by atoms with Crippen LogP contribution >= 0.6 is 0 Å². The molecule has 3 nitrogen and oxygen atoms in total. The number of nitrogens with zero attached hydrogens (tertiary/aromatic N) is 2. The predicted molar refractivity (Wildman–Crippen MR) is 67.5 cm³/mol. The highest BCUT2D eigenvalue weighted by Crippen LogP contribution is 2.29. The molecule has 0 radical (unpaired) electrons. The van der Waals surface area contributed by atoms with Crippen LogP contribution in [0.25, 0.3) is 0 Å². The minimum atomic E-state index is -1.08. The molecule has 0 aliphatic rings. The number of aliphatic hydroxyl groups is 1. The van der Waals surface area contributed by atoms with Gasteiger partial charge in [0.1, 0.15) is 11.6 Å². The predicted octanol–water partition coefficient (Wildman–Crippen LogP) is 2.40. The monoisotopic (exact) mass is 248 g/mol. The van der Waals surface area contributed by atoms with Crippen LogP contribution in [-0.2, 0) is 19.1 Å². The lowest BCUT2D eigenvalue weighted by molar-refractivity contribution is 0.0298. The van der Waals surface area contributed by atoms with E-state index in [0.717, 1.165) is 5.82 Å². The number of halogens is 1. The lowest BCUT2D eigenvalue weighted by Gasteiger charge is -2.27. The Bertz CT molecular complexity index is 538. The number of hydrogen-bond acceptors (Lipinski definition) is 2. The molecule has 0 saturated heterocycles. The number of aryl methyl sites for hydroxylation is 1. The van der Waals surface area contributed by atoms with Gasteiger partial charge in [-0.2, -0.15) is 0 Å². The van der Waals surface area contributed by atoms with E-state index < -0.39 is 5.60 Å². The number of hydrogen-bond donors (Lipinski definition) is 1. The molecule has 1 aromatic carbocycles. The van der Waals surface area contributed by atoms with E-state index >= 15 is 0 Å². The maximum absolute atomic E-state index is 13.3. The summed E-state index contributed by atoms with van der Waals surface area (Å²) in [7, 11) is 1.88. The minimum absolute atomic E-state index is 0.334. The summed E-state index contributed by atoms with van der Waals surface area (Å²) in [6.45, 7) is 1.88. The van der Waals surface area contributed by atoms with Crippen molar-refractivity contribution in [2.24, 2.45) is 7.05 Å². The highest BCUT2D eigenvalue weighted by atomic mass is 19.1. The van der Waals surface area contributed by atoms with E-state index in [-0.39, 0.29) is 5.82 Å². The fraction of sp³-hybridized carbons (Fsp3) is 0.357. The Labute approximate surface area is 106 Å². The Morgan fingerprint density at radius 1 is 1.44 bits per heavy atom. The fourth-order valence-electron chi connectivity index (χ4n) is 2.04. The Hall–Kier alpha value is -1.68. The van der Waals surface area contributed by atoms with Crippen molar-refractivity contribution in [3.63, 3.8) is 0 Å². The number of aromatic nitrogens is 2. The quantitative estimate of drug-likeness (QED) is 0.902. The maximum atomic E-state index is 13.3. The van der Waals surface area contributed by atoms with E-state index in [9.17, 15) is 9.50 Å². The standard InChI is InChI=1S/C14H17FN2O/c1-3-14(18,10-13-16-7-8-17(13)2)11-5-4-6-12(15)9-11/h4-9,18H,3,10H2,1-2H3. The van der Waals surface area contributed by atoms with E-state index in [1.165, 1.54) is 12.1 Å². The van der Waals surface area contributed by atoms with Gasteiger partial charge in [0, 0.05) is 25.9 Å². The molecular weight excluding hydrogens is 231 g/mol. The molecule has 0 amide bonds. The summed E-state index contributed by atoms with van der Waals surface area (Å²) in [5, 5.41) is 10.7. The van der Waals surface area contributed by atoms with Gasteiger partial charge in [-0.05, 0) is 24.1 Å². The molecule has 1 N–H and O–H groups in total. The summed E-state index contributed by atoms with van der Waals surface area (Å²) in [6, 6.07) is 6.12. The van der Waals surface area contributed by atoms with E-state index in [0.29, 0.717) is 18.4 Å². The van der Waals surface area contributed by atoms with Crippen molar-refractivity contribution in [3.05, 3.63) is 53.9 Å². The van der Waals surface area contributed by atoms with Crippen LogP contribution in [0.3, 0.4) is 0 Å². The Balaban J connectivity index is 2.33. The van der Waals surface area contributed by atoms with Crippen molar-refractivity contribution >= 4 is 0 Å². The van der Waals surface area contributed by atoms with Crippen LogP contribution in [0, 0.1) is 5.82 Å². The van der Waals surface area contributed by atoms with Crippen LogP contribution in [0.2, 0.25) is 0 Å². The molecule has 96 valence electrons. The van der Waals surface area contributed by atoms with Crippen LogP contribution in [0.1, 0.15) is 24.7 Å². The van der Waals surface area contributed by atoms with Crippen molar-refractivity contribution < 1.29 is 9.50 Å². The zero-order valence-corrected chi connectivity index (χ0v) is 10.6. The van der Waals surface area contributed by atoms with E-state index in [1.54, 1.807) is 18.3 Å². The molecule has 1 aromatic heterocycles. The third-order valence-electron chi connectivity index (χ3n) is 3.32. The SMILES string of the molecule is CCC(O)(Cc1nccn1C)c1cccc(F)c1. The summed E-state index contributed by atoms with van der Waals surface area (Å²) in [4.78, 5) is 4.21. The molecule has 1 heterocycles. The molecule has 1 unspecified atom stereocenters. The molecule has 0 aliphatic heterocycles. The maximum Gasteiger partial charge on any atom is 0.123 e. The molecule has 1 atom stereocenters. The second kappa shape index (κ2) is 4.90.